The molecule has 2 saturated carbocycles. The number of rotatable bonds is 9. The van der Waals surface area contributed by atoms with Gasteiger partial charge < -0.3 is 44.9 Å². The van der Waals surface area contributed by atoms with Crippen molar-refractivity contribution in [2.75, 3.05) is 13.7 Å². The summed E-state index contributed by atoms with van der Waals surface area (Å²) in [5, 5.41) is 26.4. The van der Waals surface area contributed by atoms with Crippen molar-refractivity contribution in [1.29, 1.82) is 0 Å². The van der Waals surface area contributed by atoms with E-state index in [4.69, 9.17) is 29.4 Å². The van der Waals surface area contributed by atoms with Crippen LogP contribution in [0.25, 0.3) is 0 Å². The molecule has 1 amide bonds. The SMILES string of the molecule is COC(=O)[C@@]12OC[C@]34C([C@@H](O)[C@@H]1O)[C@@]1(C)CC(=O)C(OC(=O)C[C@H](C)NC(=O)C[C@H](C)N)=C(C)[C@@H]1C[C@H]3OC(=O)[C@H](OC(=O)C=C(C)C)[C@@H]24. The van der Waals surface area contributed by atoms with E-state index in [9.17, 15) is 39.0 Å². The molecule has 4 fully saturated rings. The molecule has 3 aliphatic carbocycles. The number of methoxy groups -OCH3 is 1. The topological polar surface area (TPSA) is 227 Å². The number of carbonyl (C=O) groups is 6. The van der Waals surface area contributed by atoms with Gasteiger partial charge in [0.05, 0.1) is 32.2 Å². The molecule has 2 heterocycles. The van der Waals surface area contributed by atoms with Crippen molar-refractivity contribution in [3.8, 4) is 0 Å². The smallest absolute Gasteiger partial charge is 0.348 e. The highest BCUT2D eigenvalue weighted by Crippen LogP contribution is 2.72. The highest BCUT2D eigenvalue weighted by atomic mass is 16.6. The Kier molecular flexibility index (Phi) is 9.64. The highest BCUT2D eigenvalue weighted by Gasteiger charge is 2.85. The van der Waals surface area contributed by atoms with Crippen molar-refractivity contribution in [2.45, 2.75) is 109 Å². The van der Waals surface area contributed by atoms with Crippen LogP contribution in [0.5, 0.6) is 0 Å². The molecule has 0 radical (unpaired) electrons. The molecule has 0 aromatic carbocycles. The first-order valence-corrected chi connectivity index (χ1v) is 16.5. The largest absolute Gasteiger partial charge is 0.467 e. The summed E-state index contributed by atoms with van der Waals surface area (Å²) in [5.74, 6) is -7.68. The van der Waals surface area contributed by atoms with E-state index in [-0.39, 0.29) is 50.0 Å². The van der Waals surface area contributed by atoms with Gasteiger partial charge in [-0.15, -0.1) is 0 Å². The molecular weight excluding hydrogens is 644 g/mol. The first-order chi connectivity index (χ1) is 22.8. The predicted octanol–water partition coefficient (Wildman–Crippen LogP) is 0.134. The van der Waals surface area contributed by atoms with Gasteiger partial charge in [-0.05, 0) is 57.9 Å². The van der Waals surface area contributed by atoms with Gasteiger partial charge in [0.2, 0.25) is 17.6 Å². The van der Waals surface area contributed by atoms with Crippen LogP contribution in [-0.4, -0.2) is 102 Å². The molecule has 0 aromatic rings. The number of ether oxygens (including phenoxy) is 5. The Balaban J connectivity index is 1.53. The normalized spacial score (nSPS) is 38.6. The molecule has 5 N–H and O–H groups in total. The number of hydrogen-bond acceptors (Lipinski definition) is 14. The van der Waals surface area contributed by atoms with Gasteiger partial charge in [-0.1, -0.05) is 12.5 Å². The standard InChI is InChI=1S/C34H46N2O13/c1-14(2)8-22(39)49-26-28-33-13-46-34(28,31(44)45-7)29(42)24(41)27(33)32(6)12-19(37)25(17(5)18(32)11-20(33)47-30(26)43)48-23(40)10-16(4)36-21(38)9-15(3)35/h8,15-16,18,20,24,26-29,41-42H,9-13,35H2,1-7H3,(H,36,38)/t15-,16-,18-,20+,24+,26+,27?,28+,29-,32-,33+,34-/m0/s1. The third-order valence-electron chi connectivity index (χ3n) is 11.1. The number of aliphatic hydroxyl groups is 2. The van der Waals surface area contributed by atoms with Gasteiger partial charge in [0, 0.05) is 42.3 Å². The van der Waals surface area contributed by atoms with E-state index in [0.29, 0.717) is 11.1 Å². The molecule has 15 nitrogen and oxygen atoms in total. The summed E-state index contributed by atoms with van der Waals surface area (Å²) in [6, 6.07) is -0.971. The van der Waals surface area contributed by atoms with Gasteiger partial charge in [-0.25, -0.2) is 14.4 Å². The number of Topliss-reactive ketones (excluding diaryl/α,β-unsaturated/α-hetero) is 1. The lowest BCUT2D eigenvalue weighted by atomic mass is 9.38. The number of aliphatic hydroxyl groups excluding tert-OH is 2. The highest BCUT2D eigenvalue weighted by molar-refractivity contribution is 5.98. The molecule has 270 valence electrons. The Morgan fingerprint density at radius 3 is 2.41 bits per heavy atom. The lowest BCUT2D eigenvalue weighted by Gasteiger charge is -2.67. The van der Waals surface area contributed by atoms with Crippen molar-refractivity contribution in [1.82, 2.24) is 5.32 Å². The summed E-state index contributed by atoms with van der Waals surface area (Å²) in [5.41, 5.74) is 1.80. The molecule has 0 aromatic heterocycles. The monoisotopic (exact) mass is 690 g/mol. The molecule has 2 saturated heterocycles. The van der Waals surface area contributed by atoms with Gasteiger partial charge >= 0.3 is 23.9 Å². The summed E-state index contributed by atoms with van der Waals surface area (Å²) >= 11 is 0. The van der Waals surface area contributed by atoms with Crippen molar-refractivity contribution in [3.63, 3.8) is 0 Å². The maximum Gasteiger partial charge on any atom is 0.348 e. The van der Waals surface area contributed by atoms with Crippen LogP contribution in [0.1, 0.15) is 67.2 Å². The van der Waals surface area contributed by atoms with Gasteiger partial charge in [0.1, 0.15) is 12.2 Å². The minimum Gasteiger partial charge on any atom is -0.467 e. The Morgan fingerprint density at radius 2 is 1.80 bits per heavy atom. The Bertz CT molecular complexity index is 1520. The lowest BCUT2D eigenvalue weighted by Crippen LogP contribution is -2.79. The summed E-state index contributed by atoms with van der Waals surface area (Å²) in [6.45, 7) is 9.71. The van der Waals surface area contributed by atoms with Crippen LogP contribution in [0.4, 0.5) is 0 Å². The molecular formula is C34H46N2O13. The zero-order valence-corrected chi connectivity index (χ0v) is 28.8. The molecule has 1 spiro atoms. The van der Waals surface area contributed by atoms with Crippen LogP contribution in [0, 0.1) is 28.6 Å². The molecule has 1 unspecified atom stereocenters. The van der Waals surface area contributed by atoms with Gasteiger partial charge in [-0.2, -0.15) is 0 Å². The number of allylic oxidation sites excluding steroid dienone is 3. The van der Waals surface area contributed by atoms with E-state index < -0.39 is 94.3 Å². The maximum atomic E-state index is 13.9. The second kappa shape index (κ2) is 12.9. The van der Waals surface area contributed by atoms with Crippen molar-refractivity contribution in [2.24, 2.45) is 34.3 Å². The van der Waals surface area contributed by atoms with Crippen LogP contribution in [-0.2, 0) is 52.5 Å². The van der Waals surface area contributed by atoms with E-state index in [1.807, 2.05) is 0 Å². The van der Waals surface area contributed by atoms with Gasteiger partial charge in [0.25, 0.3) is 0 Å². The quantitative estimate of drug-likeness (QED) is 0.143. The van der Waals surface area contributed by atoms with Gasteiger partial charge in [0.15, 0.2) is 11.5 Å². The van der Waals surface area contributed by atoms with E-state index >= 15 is 0 Å². The molecule has 5 aliphatic rings. The number of carbonyl (C=O) groups excluding carboxylic acids is 6. The van der Waals surface area contributed by atoms with Crippen LogP contribution >= 0.6 is 0 Å². The minimum atomic E-state index is -2.29. The van der Waals surface area contributed by atoms with Crippen LogP contribution in [0.3, 0.4) is 0 Å². The summed E-state index contributed by atoms with van der Waals surface area (Å²) in [7, 11) is 1.07. The van der Waals surface area contributed by atoms with Crippen molar-refractivity contribution in [3.05, 3.63) is 23.0 Å². The first kappa shape index (κ1) is 36.6. The zero-order valence-electron chi connectivity index (χ0n) is 28.8. The molecule has 15 heteroatoms. The van der Waals surface area contributed by atoms with Crippen LogP contribution < -0.4 is 11.1 Å². The number of ketones is 1. The summed E-state index contributed by atoms with van der Waals surface area (Å²) in [4.78, 5) is 79.0. The average molecular weight is 691 g/mol. The minimum absolute atomic E-state index is 0.0721. The number of fused-ring (bicyclic) bond motifs is 2. The molecule has 2 aliphatic heterocycles. The van der Waals surface area contributed by atoms with E-state index in [0.717, 1.165) is 7.11 Å². The summed E-state index contributed by atoms with van der Waals surface area (Å²) < 4.78 is 28.4. The number of esters is 4. The predicted molar refractivity (Wildman–Crippen MR) is 166 cm³/mol. The number of amides is 1. The van der Waals surface area contributed by atoms with E-state index in [1.54, 1.807) is 41.5 Å². The number of nitrogens with two attached hydrogens (primary N) is 1. The molecule has 49 heavy (non-hydrogen) atoms. The second-order valence-corrected chi connectivity index (χ2v) is 14.8. The van der Waals surface area contributed by atoms with Crippen molar-refractivity contribution < 1.29 is 62.7 Å². The fourth-order valence-corrected chi connectivity index (χ4v) is 9.46. The number of nitrogens with one attached hydrogen (secondary N) is 1. The third-order valence-corrected chi connectivity index (χ3v) is 11.1. The average Bonchev–Trinajstić information content (AvgIpc) is 3.29. The Hall–Kier alpha value is -3.66. The molecule has 2 bridgehead atoms. The first-order valence-electron chi connectivity index (χ1n) is 16.5. The fourth-order valence-electron chi connectivity index (χ4n) is 9.46. The van der Waals surface area contributed by atoms with Crippen LogP contribution in [0.15, 0.2) is 23.0 Å². The molecule has 12 atom stereocenters. The summed E-state index contributed by atoms with van der Waals surface area (Å²) in [6.07, 6.45) is -5.52. The van der Waals surface area contributed by atoms with Crippen LogP contribution in [0.2, 0.25) is 0 Å². The van der Waals surface area contributed by atoms with E-state index in [1.165, 1.54) is 6.08 Å². The maximum absolute atomic E-state index is 13.9. The van der Waals surface area contributed by atoms with Crippen molar-refractivity contribution >= 4 is 35.6 Å². The second-order valence-electron chi connectivity index (χ2n) is 14.8. The van der Waals surface area contributed by atoms with E-state index in [2.05, 4.69) is 5.32 Å². The Morgan fingerprint density at radius 1 is 1.12 bits per heavy atom. The number of hydrogen-bond donors (Lipinski definition) is 4. The zero-order chi connectivity index (χ0) is 36.4. The Labute approximate surface area is 283 Å². The van der Waals surface area contributed by atoms with Gasteiger partial charge in [-0.3, -0.25) is 14.4 Å². The lowest BCUT2D eigenvalue weighted by molar-refractivity contribution is -0.290. The fraction of sp³-hybridized carbons (Fsp3) is 0.706. The third kappa shape index (κ3) is 5.68. The molecule has 5 rings (SSSR count).